The van der Waals surface area contributed by atoms with Crippen molar-refractivity contribution >= 4 is 0 Å². The topological polar surface area (TPSA) is 18.5 Å². The van der Waals surface area contributed by atoms with E-state index < -0.39 is 0 Å². The zero-order chi connectivity index (χ0) is 9.10. The Morgan fingerprint density at radius 3 is 2.08 bits per heavy atom. The van der Waals surface area contributed by atoms with Gasteiger partial charge in [0.2, 0.25) is 0 Å². The van der Waals surface area contributed by atoms with Crippen molar-refractivity contribution in [2.24, 2.45) is 0 Å². The van der Waals surface area contributed by atoms with Gasteiger partial charge in [-0.3, -0.25) is 9.80 Å². The van der Waals surface area contributed by atoms with Crippen LogP contribution in [0.25, 0.3) is 0 Å². The van der Waals surface area contributed by atoms with Gasteiger partial charge in [0.1, 0.15) is 0 Å². The van der Waals surface area contributed by atoms with Crippen molar-refractivity contribution in [3.05, 3.63) is 6.92 Å². The lowest BCUT2D eigenvalue weighted by molar-refractivity contribution is 0.0813. The fourth-order valence-electron chi connectivity index (χ4n) is 2.25. The molecule has 3 heteroatoms. The number of nitrogens with zero attached hydrogens (tertiary/aromatic N) is 2. The van der Waals surface area contributed by atoms with E-state index >= 15 is 0 Å². The molecule has 13 heavy (non-hydrogen) atoms. The first-order valence-corrected chi connectivity index (χ1v) is 5.40. The van der Waals surface area contributed by atoms with Crippen LogP contribution in [0.2, 0.25) is 0 Å². The van der Waals surface area contributed by atoms with E-state index in [0.29, 0.717) is 6.17 Å². The molecule has 2 saturated heterocycles. The molecule has 0 amide bonds. The molecule has 0 bridgehead atoms. The Balaban J connectivity index is 1.83. The third-order valence-electron chi connectivity index (χ3n) is 3.14. The van der Waals surface area contributed by atoms with Crippen molar-refractivity contribution < 1.29 is 0 Å². The van der Waals surface area contributed by atoms with Gasteiger partial charge in [-0.1, -0.05) is 0 Å². The summed E-state index contributed by atoms with van der Waals surface area (Å²) in [5.74, 6) is 0. The normalized spacial score (nSPS) is 29.3. The molecule has 0 spiro atoms. The maximum absolute atomic E-state index is 4.27. The predicted octanol–water partition coefficient (Wildman–Crippen LogP) is 0.148. The van der Waals surface area contributed by atoms with Crippen molar-refractivity contribution in [3.8, 4) is 0 Å². The largest absolute Gasteiger partial charge is 0.314 e. The fourth-order valence-corrected chi connectivity index (χ4v) is 2.25. The van der Waals surface area contributed by atoms with Gasteiger partial charge in [-0.2, -0.15) is 0 Å². The van der Waals surface area contributed by atoms with E-state index in [4.69, 9.17) is 0 Å². The Labute approximate surface area is 81.1 Å². The maximum Gasteiger partial charge on any atom is 0.0624 e. The third kappa shape index (κ3) is 2.22. The minimum absolute atomic E-state index is 0.421. The van der Waals surface area contributed by atoms with Gasteiger partial charge >= 0.3 is 0 Å². The average molecular weight is 182 g/mol. The number of piperazine rings is 1. The second-order valence-corrected chi connectivity index (χ2v) is 4.01. The summed E-state index contributed by atoms with van der Waals surface area (Å²) in [5.41, 5.74) is 0. The van der Waals surface area contributed by atoms with Crippen LogP contribution in [0.1, 0.15) is 12.8 Å². The van der Waals surface area contributed by atoms with Crippen LogP contribution < -0.4 is 5.32 Å². The smallest absolute Gasteiger partial charge is 0.0624 e. The second-order valence-electron chi connectivity index (χ2n) is 4.01. The lowest BCUT2D eigenvalue weighted by atomic mass is 10.3. The van der Waals surface area contributed by atoms with Gasteiger partial charge in [0.25, 0.3) is 0 Å². The summed E-state index contributed by atoms with van der Waals surface area (Å²) in [6.45, 7) is 11.3. The van der Waals surface area contributed by atoms with Crippen molar-refractivity contribution in [2.45, 2.75) is 19.0 Å². The third-order valence-corrected chi connectivity index (χ3v) is 3.14. The molecule has 2 heterocycles. The van der Waals surface area contributed by atoms with Crippen LogP contribution in [-0.2, 0) is 0 Å². The van der Waals surface area contributed by atoms with E-state index in [0.717, 1.165) is 26.2 Å². The first-order chi connectivity index (χ1) is 6.38. The molecule has 1 atom stereocenters. The van der Waals surface area contributed by atoms with E-state index in [1.165, 1.54) is 25.9 Å². The second kappa shape index (κ2) is 4.40. The molecular formula is C10H20N3. The summed E-state index contributed by atoms with van der Waals surface area (Å²) in [7, 11) is 0. The molecule has 0 saturated carbocycles. The van der Waals surface area contributed by atoms with Crippen molar-refractivity contribution in [2.75, 3.05) is 39.3 Å². The molecule has 1 radical (unpaired) electrons. The summed E-state index contributed by atoms with van der Waals surface area (Å²) < 4.78 is 0. The quantitative estimate of drug-likeness (QED) is 0.656. The van der Waals surface area contributed by atoms with Crippen LogP contribution in [0.15, 0.2) is 0 Å². The Morgan fingerprint density at radius 2 is 1.46 bits per heavy atom. The molecule has 0 aromatic rings. The molecule has 1 unspecified atom stereocenters. The van der Waals surface area contributed by atoms with Crippen LogP contribution >= 0.6 is 0 Å². The van der Waals surface area contributed by atoms with Crippen molar-refractivity contribution in [3.63, 3.8) is 0 Å². The highest BCUT2D eigenvalue weighted by Gasteiger charge is 2.24. The monoisotopic (exact) mass is 182 g/mol. The number of hydrogen-bond donors (Lipinski definition) is 1. The Kier molecular flexibility index (Phi) is 3.19. The average Bonchev–Trinajstić information content (AvgIpc) is 2.71. The maximum atomic E-state index is 4.27. The van der Waals surface area contributed by atoms with Gasteiger partial charge < -0.3 is 5.32 Å². The molecule has 1 N–H and O–H groups in total. The molecule has 0 aromatic carbocycles. The highest BCUT2D eigenvalue weighted by atomic mass is 15.4. The summed E-state index contributed by atoms with van der Waals surface area (Å²) in [5, 5.41) is 3.37. The van der Waals surface area contributed by atoms with Gasteiger partial charge in [0.15, 0.2) is 0 Å². The molecule has 0 aliphatic carbocycles. The Hall–Kier alpha value is -0.120. The van der Waals surface area contributed by atoms with Crippen LogP contribution in [0.4, 0.5) is 0 Å². The molecule has 2 fully saturated rings. The minimum atomic E-state index is 0.421. The minimum Gasteiger partial charge on any atom is -0.314 e. The van der Waals surface area contributed by atoms with E-state index in [1.807, 2.05) is 0 Å². The summed E-state index contributed by atoms with van der Waals surface area (Å²) in [6.07, 6.45) is 3.14. The number of rotatable bonds is 2. The fraction of sp³-hybridized carbons (Fsp3) is 0.900. The van der Waals surface area contributed by atoms with Gasteiger partial charge in [-0.25, -0.2) is 0 Å². The van der Waals surface area contributed by atoms with E-state index in [-0.39, 0.29) is 0 Å². The highest BCUT2D eigenvalue weighted by Crippen LogP contribution is 2.14. The van der Waals surface area contributed by atoms with E-state index in [9.17, 15) is 0 Å². The molecule has 2 rings (SSSR count). The van der Waals surface area contributed by atoms with Gasteiger partial charge in [0, 0.05) is 26.2 Å². The van der Waals surface area contributed by atoms with Crippen LogP contribution in [0, 0.1) is 6.92 Å². The number of likely N-dealkylation sites (tertiary alicyclic amines) is 1. The molecule has 0 aromatic heterocycles. The zero-order valence-electron chi connectivity index (χ0n) is 8.34. The Bertz CT molecular complexity index is 148. The van der Waals surface area contributed by atoms with E-state index in [2.05, 4.69) is 22.0 Å². The first kappa shape index (κ1) is 9.44. The lowest BCUT2D eigenvalue weighted by Crippen LogP contribution is -2.53. The van der Waals surface area contributed by atoms with Crippen LogP contribution in [0.5, 0.6) is 0 Å². The van der Waals surface area contributed by atoms with Crippen LogP contribution in [0.3, 0.4) is 0 Å². The van der Waals surface area contributed by atoms with Crippen LogP contribution in [-0.4, -0.2) is 55.2 Å². The molecule has 3 nitrogen and oxygen atoms in total. The van der Waals surface area contributed by atoms with Gasteiger partial charge in [-0.05, 0) is 32.9 Å². The lowest BCUT2D eigenvalue weighted by Gasteiger charge is -2.37. The summed E-state index contributed by atoms with van der Waals surface area (Å²) >= 11 is 0. The van der Waals surface area contributed by atoms with Crippen molar-refractivity contribution in [1.82, 2.24) is 15.1 Å². The molecule has 2 aliphatic rings. The number of nitrogens with one attached hydrogen (secondary N) is 1. The van der Waals surface area contributed by atoms with Gasteiger partial charge in [0.05, 0.1) is 6.17 Å². The Morgan fingerprint density at radius 1 is 0.923 bits per heavy atom. The van der Waals surface area contributed by atoms with Gasteiger partial charge in [-0.15, -0.1) is 0 Å². The SMILES string of the molecule is [CH2]C(N1CCCC1)N1CCNCC1. The molecule has 2 aliphatic heterocycles. The first-order valence-electron chi connectivity index (χ1n) is 5.40. The predicted molar refractivity (Wildman–Crippen MR) is 54.4 cm³/mol. The molecule has 75 valence electrons. The summed E-state index contributed by atoms with van der Waals surface area (Å²) in [6, 6.07) is 0. The van der Waals surface area contributed by atoms with E-state index in [1.54, 1.807) is 0 Å². The summed E-state index contributed by atoms with van der Waals surface area (Å²) in [4.78, 5) is 4.99. The zero-order valence-corrected chi connectivity index (χ0v) is 8.34. The highest BCUT2D eigenvalue weighted by molar-refractivity contribution is 4.81. The molecular weight excluding hydrogens is 162 g/mol. The number of hydrogen-bond acceptors (Lipinski definition) is 3. The van der Waals surface area contributed by atoms with Crippen molar-refractivity contribution in [1.29, 1.82) is 0 Å². The standard InChI is InChI=1S/C10H20N3/c1-10(12-6-2-3-7-12)13-8-4-11-5-9-13/h10-11H,1-9H2.